The van der Waals surface area contributed by atoms with Crippen molar-refractivity contribution < 1.29 is 14.7 Å². The first-order valence-electron chi connectivity index (χ1n) is 6.25. The Hall–Kier alpha value is -1.84. The Morgan fingerprint density at radius 1 is 1.06 bits per heavy atom. The zero-order valence-corrected chi connectivity index (χ0v) is 10.1. The molecule has 0 atom stereocenters. The normalized spacial score (nSPS) is 23.3. The number of carboxylic acids is 1. The van der Waals surface area contributed by atoms with Crippen molar-refractivity contribution in [2.75, 3.05) is 0 Å². The summed E-state index contributed by atoms with van der Waals surface area (Å²) in [5.41, 5.74) is 0.651. The zero-order valence-electron chi connectivity index (χ0n) is 10.1. The SMILES string of the molecule is O=C(NC1CCC(C(=O)O)CC1)c1ccccc1. The van der Waals surface area contributed by atoms with Gasteiger partial charge in [0.15, 0.2) is 0 Å². The van der Waals surface area contributed by atoms with Gasteiger partial charge in [-0.25, -0.2) is 0 Å². The third-order valence-electron chi connectivity index (χ3n) is 3.45. The van der Waals surface area contributed by atoms with Crippen LogP contribution in [0.2, 0.25) is 0 Å². The van der Waals surface area contributed by atoms with Gasteiger partial charge in [0.05, 0.1) is 5.92 Å². The Morgan fingerprint density at radius 2 is 1.67 bits per heavy atom. The Bertz CT molecular complexity index is 422. The molecule has 0 spiro atoms. The van der Waals surface area contributed by atoms with Crippen LogP contribution >= 0.6 is 0 Å². The minimum atomic E-state index is -0.720. The number of nitrogens with one attached hydrogen (secondary N) is 1. The van der Waals surface area contributed by atoms with Crippen molar-refractivity contribution in [3.05, 3.63) is 35.9 Å². The maximum absolute atomic E-state index is 11.9. The molecule has 0 radical (unpaired) electrons. The van der Waals surface area contributed by atoms with Crippen molar-refractivity contribution in [2.24, 2.45) is 5.92 Å². The van der Waals surface area contributed by atoms with Crippen LogP contribution in [0.1, 0.15) is 36.0 Å². The minimum absolute atomic E-state index is 0.0747. The number of aliphatic carboxylic acids is 1. The van der Waals surface area contributed by atoms with E-state index in [1.807, 2.05) is 18.2 Å². The van der Waals surface area contributed by atoms with E-state index in [1.54, 1.807) is 12.1 Å². The number of rotatable bonds is 3. The summed E-state index contributed by atoms with van der Waals surface area (Å²) in [4.78, 5) is 22.7. The highest BCUT2D eigenvalue weighted by Crippen LogP contribution is 2.24. The van der Waals surface area contributed by atoms with Crippen LogP contribution in [0.4, 0.5) is 0 Å². The van der Waals surface area contributed by atoms with Gasteiger partial charge in [-0.1, -0.05) is 18.2 Å². The van der Waals surface area contributed by atoms with Crippen LogP contribution in [-0.2, 0) is 4.79 Å². The fourth-order valence-electron chi connectivity index (χ4n) is 2.34. The molecule has 0 unspecified atom stereocenters. The van der Waals surface area contributed by atoms with Gasteiger partial charge in [-0.15, -0.1) is 0 Å². The zero-order chi connectivity index (χ0) is 13.0. The second-order valence-electron chi connectivity index (χ2n) is 4.73. The number of amides is 1. The number of carboxylic acid groups (broad SMARTS) is 1. The van der Waals surface area contributed by atoms with Gasteiger partial charge in [-0.3, -0.25) is 9.59 Å². The highest BCUT2D eigenvalue weighted by Gasteiger charge is 2.26. The molecule has 2 rings (SSSR count). The van der Waals surface area contributed by atoms with Crippen LogP contribution in [0, 0.1) is 5.92 Å². The van der Waals surface area contributed by atoms with Crippen LogP contribution in [-0.4, -0.2) is 23.0 Å². The Morgan fingerprint density at radius 3 is 2.22 bits per heavy atom. The molecule has 1 amide bonds. The fourth-order valence-corrected chi connectivity index (χ4v) is 2.34. The maximum atomic E-state index is 11.9. The van der Waals surface area contributed by atoms with Crippen LogP contribution in [0.3, 0.4) is 0 Å². The van der Waals surface area contributed by atoms with Gasteiger partial charge in [-0.2, -0.15) is 0 Å². The Labute approximate surface area is 106 Å². The first-order chi connectivity index (χ1) is 8.66. The van der Waals surface area contributed by atoms with Gasteiger partial charge < -0.3 is 10.4 Å². The Balaban J connectivity index is 1.85. The highest BCUT2D eigenvalue weighted by molar-refractivity contribution is 5.94. The largest absolute Gasteiger partial charge is 0.481 e. The van der Waals surface area contributed by atoms with Crippen molar-refractivity contribution in [3.63, 3.8) is 0 Å². The van der Waals surface area contributed by atoms with Gasteiger partial charge in [0.25, 0.3) is 5.91 Å². The summed E-state index contributed by atoms with van der Waals surface area (Å²) in [6.07, 6.45) is 2.79. The van der Waals surface area contributed by atoms with Crippen molar-refractivity contribution >= 4 is 11.9 Å². The summed E-state index contributed by atoms with van der Waals surface area (Å²) >= 11 is 0. The molecule has 1 aliphatic carbocycles. The first kappa shape index (κ1) is 12.6. The molecule has 0 aliphatic heterocycles. The lowest BCUT2D eigenvalue weighted by Crippen LogP contribution is -2.38. The smallest absolute Gasteiger partial charge is 0.306 e. The first-order valence-corrected chi connectivity index (χ1v) is 6.25. The molecule has 1 saturated carbocycles. The summed E-state index contributed by atoms with van der Waals surface area (Å²) in [5.74, 6) is -1.04. The van der Waals surface area contributed by atoms with E-state index < -0.39 is 5.97 Å². The molecule has 1 aromatic rings. The van der Waals surface area contributed by atoms with Crippen molar-refractivity contribution in [3.8, 4) is 0 Å². The molecule has 18 heavy (non-hydrogen) atoms. The summed E-state index contributed by atoms with van der Waals surface area (Å²) in [5, 5.41) is 11.9. The van der Waals surface area contributed by atoms with Crippen LogP contribution in [0.25, 0.3) is 0 Å². The summed E-state index contributed by atoms with van der Waals surface area (Å²) in [6, 6.07) is 9.19. The molecular formula is C14H17NO3. The second kappa shape index (κ2) is 5.67. The molecule has 96 valence electrons. The molecule has 1 fully saturated rings. The molecule has 2 N–H and O–H groups in total. The van der Waals surface area contributed by atoms with E-state index in [2.05, 4.69) is 5.32 Å². The third kappa shape index (κ3) is 3.09. The van der Waals surface area contributed by atoms with Gasteiger partial charge >= 0.3 is 5.97 Å². The van der Waals surface area contributed by atoms with E-state index in [0.29, 0.717) is 18.4 Å². The molecule has 0 heterocycles. The van der Waals surface area contributed by atoms with E-state index in [4.69, 9.17) is 5.11 Å². The van der Waals surface area contributed by atoms with E-state index in [0.717, 1.165) is 12.8 Å². The molecule has 0 aromatic heterocycles. The summed E-state index contributed by atoms with van der Waals surface area (Å²) < 4.78 is 0. The predicted molar refractivity (Wildman–Crippen MR) is 67.3 cm³/mol. The fraction of sp³-hybridized carbons (Fsp3) is 0.429. The van der Waals surface area contributed by atoms with Crippen molar-refractivity contribution in [1.82, 2.24) is 5.32 Å². The molecule has 4 nitrogen and oxygen atoms in total. The lowest BCUT2D eigenvalue weighted by molar-refractivity contribution is -0.142. The molecule has 0 bridgehead atoms. The van der Waals surface area contributed by atoms with Crippen molar-refractivity contribution in [2.45, 2.75) is 31.7 Å². The Kier molecular flexibility index (Phi) is 3.97. The number of hydrogen-bond donors (Lipinski definition) is 2. The lowest BCUT2D eigenvalue weighted by Gasteiger charge is -2.26. The quantitative estimate of drug-likeness (QED) is 0.859. The van der Waals surface area contributed by atoms with E-state index in [1.165, 1.54) is 0 Å². The lowest BCUT2D eigenvalue weighted by atomic mass is 9.86. The monoisotopic (exact) mass is 247 g/mol. The highest BCUT2D eigenvalue weighted by atomic mass is 16.4. The third-order valence-corrected chi connectivity index (χ3v) is 3.45. The molecule has 0 saturated heterocycles. The van der Waals surface area contributed by atoms with Crippen molar-refractivity contribution in [1.29, 1.82) is 0 Å². The van der Waals surface area contributed by atoms with Gasteiger partial charge in [0.2, 0.25) is 0 Å². The average molecular weight is 247 g/mol. The minimum Gasteiger partial charge on any atom is -0.481 e. The average Bonchev–Trinajstić information content (AvgIpc) is 2.40. The summed E-state index contributed by atoms with van der Waals surface area (Å²) in [7, 11) is 0. The van der Waals surface area contributed by atoms with Crippen LogP contribution < -0.4 is 5.32 Å². The van der Waals surface area contributed by atoms with Crippen LogP contribution in [0.15, 0.2) is 30.3 Å². The second-order valence-corrected chi connectivity index (χ2v) is 4.73. The topological polar surface area (TPSA) is 66.4 Å². The number of carbonyl (C=O) groups excluding carboxylic acids is 1. The predicted octanol–water partition coefficient (Wildman–Crippen LogP) is 2.06. The molecule has 1 aromatic carbocycles. The number of hydrogen-bond acceptors (Lipinski definition) is 2. The van der Waals surface area contributed by atoms with E-state index in [9.17, 15) is 9.59 Å². The molecular weight excluding hydrogens is 230 g/mol. The van der Waals surface area contributed by atoms with Gasteiger partial charge in [-0.05, 0) is 37.8 Å². The maximum Gasteiger partial charge on any atom is 0.306 e. The number of carbonyl (C=O) groups is 2. The molecule has 4 heteroatoms. The van der Waals surface area contributed by atoms with E-state index in [-0.39, 0.29) is 17.9 Å². The standard InChI is InChI=1S/C14H17NO3/c16-13(10-4-2-1-3-5-10)15-12-8-6-11(7-9-12)14(17)18/h1-5,11-12H,6-9H2,(H,15,16)(H,17,18). The molecule has 1 aliphatic rings. The van der Waals surface area contributed by atoms with Gasteiger partial charge in [0.1, 0.15) is 0 Å². The van der Waals surface area contributed by atoms with E-state index >= 15 is 0 Å². The number of benzene rings is 1. The van der Waals surface area contributed by atoms with Crippen LogP contribution in [0.5, 0.6) is 0 Å². The summed E-state index contributed by atoms with van der Waals surface area (Å²) in [6.45, 7) is 0. The van der Waals surface area contributed by atoms with Gasteiger partial charge in [0, 0.05) is 11.6 Å².